The van der Waals surface area contributed by atoms with Gasteiger partial charge in [-0.2, -0.15) is 0 Å². The lowest BCUT2D eigenvalue weighted by Gasteiger charge is -2.36. The van der Waals surface area contributed by atoms with Crippen LogP contribution >= 0.6 is 0 Å². The SMILES string of the molecule is CCN1CCN(C(C)C(=O)Nc2ccc3c(c2)OCO3)CC1.O=C(O)C(=O)O. The molecule has 0 saturated carbocycles. The second-order valence-corrected chi connectivity index (χ2v) is 6.31. The Morgan fingerprint density at radius 2 is 1.68 bits per heavy atom. The lowest BCUT2D eigenvalue weighted by molar-refractivity contribution is -0.159. The molecule has 3 rings (SSSR count). The third-order valence-electron chi connectivity index (χ3n) is 4.60. The second-order valence-electron chi connectivity index (χ2n) is 6.31. The van der Waals surface area contributed by atoms with Crippen LogP contribution in [0.5, 0.6) is 11.5 Å². The maximum absolute atomic E-state index is 12.4. The number of piperazine rings is 1. The van der Waals surface area contributed by atoms with Gasteiger partial charge in [0.2, 0.25) is 12.7 Å². The summed E-state index contributed by atoms with van der Waals surface area (Å²) in [4.78, 5) is 35.3. The Balaban J connectivity index is 0.000000409. The molecule has 10 nitrogen and oxygen atoms in total. The number of carboxylic acids is 2. The number of nitrogens with one attached hydrogen (secondary N) is 1. The normalized spacial score (nSPS) is 17.2. The van der Waals surface area contributed by atoms with Crippen LogP contribution in [0.15, 0.2) is 18.2 Å². The smallest absolute Gasteiger partial charge is 0.414 e. The van der Waals surface area contributed by atoms with Crippen molar-refractivity contribution >= 4 is 23.5 Å². The number of nitrogens with zero attached hydrogens (tertiary/aromatic N) is 2. The summed E-state index contributed by atoms with van der Waals surface area (Å²) >= 11 is 0. The number of anilines is 1. The Bertz CT molecular complexity index is 705. The van der Waals surface area contributed by atoms with Gasteiger partial charge in [-0.15, -0.1) is 0 Å². The van der Waals surface area contributed by atoms with Gasteiger partial charge in [0.05, 0.1) is 6.04 Å². The quantitative estimate of drug-likeness (QED) is 0.625. The number of likely N-dealkylation sites (N-methyl/N-ethyl adjacent to an activating group) is 1. The first-order valence-corrected chi connectivity index (χ1v) is 8.95. The molecule has 10 heteroatoms. The molecule has 2 aliphatic rings. The van der Waals surface area contributed by atoms with Crippen molar-refractivity contribution < 1.29 is 34.1 Å². The number of benzene rings is 1. The summed E-state index contributed by atoms with van der Waals surface area (Å²) in [7, 11) is 0. The Morgan fingerprint density at radius 3 is 2.25 bits per heavy atom. The highest BCUT2D eigenvalue weighted by molar-refractivity contribution is 6.27. The molecule has 0 radical (unpaired) electrons. The molecule has 1 aromatic carbocycles. The van der Waals surface area contributed by atoms with Crippen LogP contribution in [0.1, 0.15) is 13.8 Å². The van der Waals surface area contributed by atoms with Crippen LogP contribution in [0.2, 0.25) is 0 Å². The maximum Gasteiger partial charge on any atom is 0.414 e. The zero-order valence-electron chi connectivity index (χ0n) is 15.9. The number of carbonyl (C=O) groups is 3. The van der Waals surface area contributed by atoms with Gasteiger partial charge in [0.15, 0.2) is 11.5 Å². The van der Waals surface area contributed by atoms with E-state index in [1.165, 1.54) is 0 Å². The van der Waals surface area contributed by atoms with Gasteiger partial charge in [0.25, 0.3) is 0 Å². The highest BCUT2D eigenvalue weighted by Gasteiger charge is 2.25. The van der Waals surface area contributed by atoms with Crippen LogP contribution in [0.4, 0.5) is 5.69 Å². The van der Waals surface area contributed by atoms with E-state index in [4.69, 9.17) is 29.3 Å². The van der Waals surface area contributed by atoms with Gasteiger partial charge >= 0.3 is 11.9 Å². The average molecular weight is 395 g/mol. The highest BCUT2D eigenvalue weighted by atomic mass is 16.7. The molecule has 0 aliphatic carbocycles. The average Bonchev–Trinajstić information content (AvgIpc) is 3.15. The van der Waals surface area contributed by atoms with Gasteiger partial charge in [0, 0.05) is 37.9 Å². The summed E-state index contributed by atoms with van der Waals surface area (Å²) in [6.45, 7) is 9.37. The minimum Gasteiger partial charge on any atom is -0.473 e. The van der Waals surface area contributed by atoms with Crippen molar-refractivity contribution in [1.82, 2.24) is 9.80 Å². The molecule has 1 atom stereocenters. The number of hydrogen-bond donors (Lipinski definition) is 3. The summed E-state index contributed by atoms with van der Waals surface area (Å²) in [6, 6.07) is 5.34. The number of amides is 1. The fourth-order valence-corrected chi connectivity index (χ4v) is 2.85. The number of ether oxygens (including phenoxy) is 2. The molecule has 1 amide bonds. The molecule has 3 N–H and O–H groups in total. The molecule has 1 unspecified atom stereocenters. The van der Waals surface area contributed by atoms with E-state index < -0.39 is 11.9 Å². The predicted molar refractivity (Wildman–Crippen MR) is 99.6 cm³/mol. The zero-order chi connectivity index (χ0) is 20.7. The van der Waals surface area contributed by atoms with Gasteiger partial charge in [-0.1, -0.05) is 6.92 Å². The first-order valence-electron chi connectivity index (χ1n) is 8.95. The van der Waals surface area contributed by atoms with Gasteiger partial charge in [-0.25, -0.2) is 9.59 Å². The minimum absolute atomic E-state index is 0.0174. The van der Waals surface area contributed by atoms with Crippen molar-refractivity contribution in [2.75, 3.05) is 44.8 Å². The van der Waals surface area contributed by atoms with Crippen LogP contribution in [-0.4, -0.2) is 83.4 Å². The van der Waals surface area contributed by atoms with Crippen LogP contribution in [0, 0.1) is 0 Å². The first kappa shape index (κ1) is 21.5. The Morgan fingerprint density at radius 1 is 1.07 bits per heavy atom. The number of carboxylic acid groups (broad SMARTS) is 2. The second kappa shape index (κ2) is 9.90. The molecule has 2 heterocycles. The van der Waals surface area contributed by atoms with Crippen molar-refractivity contribution in [1.29, 1.82) is 0 Å². The fraction of sp³-hybridized carbons (Fsp3) is 0.500. The minimum atomic E-state index is -1.82. The van der Waals surface area contributed by atoms with Crippen LogP contribution < -0.4 is 14.8 Å². The number of carbonyl (C=O) groups excluding carboxylic acids is 1. The van der Waals surface area contributed by atoms with Crippen molar-refractivity contribution in [3.8, 4) is 11.5 Å². The topological polar surface area (TPSA) is 129 Å². The molecule has 1 aromatic rings. The van der Waals surface area contributed by atoms with Crippen molar-refractivity contribution in [2.45, 2.75) is 19.9 Å². The van der Waals surface area contributed by atoms with Gasteiger partial charge < -0.3 is 29.9 Å². The van der Waals surface area contributed by atoms with E-state index in [1.807, 2.05) is 25.1 Å². The lowest BCUT2D eigenvalue weighted by Crippen LogP contribution is -2.52. The van der Waals surface area contributed by atoms with Crippen molar-refractivity contribution in [2.24, 2.45) is 0 Å². The lowest BCUT2D eigenvalue weighted by atomic mass is 10.2. The number of hydrogen-bond acceptors (Lipinski definition) is 7. The van der Waals surface area contributed by atoms with E-state index in [0.717, 1.165) is 44.2 Å². The van der Waals surface area contributed by atoms with Crippen molar-refractivity contribution in [3.05, 3.63) is 18.2 Å². The predicted octanol–water partition coefficient (Wildman–Crippen LogP) is 0.535. The Hall–Kier alpha value is -2.85. The van der Waals surface area contributed by atoms with Gasteiger partial charge in [-0.3, -0.25) is 9.69 Å². The third kappa shape index (κ3) is 5.83. The molecule has 0 bridgehead atoms. The standard InChI is InChI=1S/C16H23N3O3.C2H2O4/c1-3-18-6-8-19(9-7-18)12(2)16(20)17-13-4-5-14-15(10-13)22-11-21-14;3-1(4)2(5)6/h4-5,10,12H,3,6-9,11H2,1-2H3,(H,17,20);(H,3,4)(H,5,6). The molecule has 28 heavy (non-hydrogen) atoms. The zero-order valence-corrected chi connectivity index (χ0v) is 15.9. The Kier molecular flexibility index (Phi) is 7.59. The highest BCUT2D eigenvalue weighted by Crippen LogP contribution is 2.34. The van der Waals surface area contributed by atoms with Crippen LogP contribution in [-0.2, 0) is 14.4 Å². The summed E-state index contributed by atoms with van der Waals surface area (Å²) in [6.07, 6.45) is 0. The van der Waals surface area contributed by atoms with E-state index in [9.17, 15) is 4.79 Å². The molecule has 1 saturated heterocycles. The molecule has 0 spiro atoms. The Labute approximate surface area is 162 Å². The van der Waals surface area contributed by atoms with E-state index in [-0.39, 0.29) is 18.7 Å². The van der Waals surface area contributed by atoms with E-state index >= 15 is 0 Å². The summed E-state index contributed by atoms with van der Waals surface area (Å²) in [5.74, 6) is -2.22. The van der Waals surface area contributed by atoms with E-state index in [0.29, 0.717) is 5.75 Å². The van der Waals surface area contributed by atoms with E-state index in [2.05, 4.69) is 22.0 Å². The summed E-state index contributed by atoms with van der Waals surface area (Å²) < 4.78 is 10.6. The fourth-order valence-electron chi connectivity index (χ4n) is 2.85. The molecular weight excluding hydrogens is 370 g/mol. The largest absolute Gasteiger partial charge is 0.473 e. The molecule has 2 aliphatic heterocycles. The monoisotopic (exact) mass is 395 g/mol. The van der Waals surface area contributed by atoms with Crippen molar-refractivity contribution in [3.63, 3.8) is 0 Å². The summed E-state index contributed by atoms with van der Waals surface area (Å²) in [5.41, 5.74) is 0.744. The first-order chi connectivity index (χ1) is 13.3. The molecule has 154 valence electrons. The van der Waals surface area contributed by atoms with Crippen LogP contribution in [0.3, 0.4) is 0 Å². The van der Waals surface area contributed by atoms with Gasteiger partial charge in [-0.05, 0) is 25.6 Å². The number of rotatable bonds is 4. The van der Waals surface area contributed by atoms with Crippen LogP contribution in [0.25, 0.3) is 0 Å². The molecule has 1 fully saturated rings. The molecule has 0 aromatic heterocycles. The summed E-state index contributed by atoms with van der Waals surface area (Å²) in [5, 5.41) is 17.7. The van der Waals surface area contributed by atoms with E-state index in [1.54, 1.807) is 0 Å². The number of aliphatic carboxylic acids is 2. The number of fused-ring (bicyclic) bond motifs is 1. The van der Waals surface area contributed by atoms with Gasteiger partial charge in [0.1, 0.15) is 0 Å². The molecular formula is C18H25N3O7. The third-order valence-corrected chi connectivity index (χ3v) is 4.60. The maximum atomic E-state index is 12.4.